The molecule has 1 aromatic rings. The molecular formula is C8H11BO2P. The molecule has 4 heteroatoms. The van der Waals surface area contributed by atoms with E-state index in [0.29, 0.717) is 0 Å². The minimum Gasteiger partial charge on any atom is -0.391 e. The highest BCUT2D eigenvalue weighted by Gasteiger charge is 2.05. The van der Waals surface area contributed by atoms with Gasteiger partial charge in [0.15, 0.2) is 0 Å². The lowest BCUT2D eigenvalue weighted by Gasteiger charge is -2.10. The fourth-order valence-electron chi connectivity index (χ4n) is 0.847. The third-order valence-corrected chi connectivity index (χ3v) is 3.17. The summed E-state index contributed by atoms with van der Waals surface area (Å²) >= 11 is 0. The Labute approximate surface area is 75.6 Å². The van der Waals surface area contributed by atoms with Gasteiger partial charge >= 0.3 is 0 Å². The van der Waals surface area contributed by atoms with Gasteiger partial charge in [0.05, 0.1) is 12.7 Å². The van der Waals surface area contributed by atoms with E-state index in [1.54, 1.807) is 0 Å². The molecule has 0 bridgehead atoms. The van der Waals surface area contributed by atoms with Gasteiger partial charge in [-0.2, -0.15) is 0 Å². The summed E-state index contributed by atoms with van der Waals surface area (Å²) in [5, 5.41) is 18.7. The Bertz CT molecular complexity index is 201. The SMILES string of the molecule is OCP(CO)c1ccccc1.[B]. The van der Waals surface area contributed by atoms with Crippen molar-refractivity contribution in [3.8, 4) is 0 Å². The first-order chi connectivity index (χ1) is 5.38. The van der Waals surface area contributed by atoms with Crippen molar-refractivity contribution in [3.05, 3.63) is 30.3 Å². The van der Waals surface area contributed by atoms with Gasteiger partial charge in [0.25, 0.3) is 0 Å². The van der Waals surface area contributed by atoms with Crippen LogP contribution < -0.4 is 5.30 Å². The third-order valence-electron chi connectivity index (χ3n) is 1.46. The molecule has 1 rings (SSSR count). The summed E-state index contributed by atoms with van der Waals surface area (Å²) in [4.78, 5) is 0. The van der Waals surface area contributed by atoms with Gasteiger partial charge in [-0.3, -0.25) is 0 Å². The van der Waals surface area contributed by atoms with E-state index >= 15 is 0 Å². The Morgan fingerprint density at radius 2 is 1.50 bits per heavy atom. The normalized spacial score (nSPS) is 9.58. The van der Waals surface area contributed by atoms with Crippen molar-refractivity contribution in [2.24, 2.45) is 0 Å². The molecule has 0 saturated carbocycles. The van der Waals surface area contributed by atoms with Gasteiger partial charge in [-0.1, -0.05) is 30.3 Å². The zero-order valence-electron chi connectivity index (χ0n) is 6.72. The minimum absolute atomic E-state index is 0. The Morgan fingerprint density at radius 1 is 1.00 bits per heavy atom. The van der Waals surface area contributed by atoms with Crippen molar-refractivity contribution in [1.29, 1.82) is 0 Å². The van der Waals surface area contributed by atoms with Gasteiger partial charge in [-0.25, -0.2) is 0 Å². The van der Waals surface area contributed by atoms with E-state index in [9.17, 15) is 0 Å². The number of aliphatic hydroxyl groups excluding tert-OH is 2. The number of rotatable bonds is 3. The van der Waals surface area contributed by atoms with Crippen LogP contribution in [-0.4, -0.2) is 31.3 Å². The fourth-order valence-corrected chi connectivity index (χ4v) is 1.86. The molecule has 0 aliphatic carbocycles. The first-order valence-corrected chi connectivity index (χ1v) is 5.11. The molecule has 1 aromatic carbocycles. The molecule has 3 radical (unpaired) electrons. The van der Waals surface area contributed by atoms with E-state index in [-0.39, 0.29) is 21.1 Å². The summed E-state index contributed by atoms with van der Waals surface area (Å²) in [6.45, 7) is 0. The molecule has 0 fully saturated rings. The Kier molecular flexibility index (Phi) is 6.00. The van der Waals surface area contributed by atoms with Gasteiger partial charge < -0.3 is 10.2 Å². The standard InChI is InChI=1S/C8H11O2P.B/c9-6-11(7-10)8-4-2-1-3-5-8;/h1-5,9-10H,6-7H2;. The highest BCUT2D eigenvalue weighted by atomic mass is 31.1. The van der Waals surface area contributed by atoms with E-state index < -0.39 is 7.92 Å². The zero-order chi connectivity index (χ0) is 8.10. The maximum atomic E-state index is 8.85. The number of hydrogen-bond donors (Lipinski definition) is 2. The molecule has 0 aromatic heterocycles. The maximum absolute atomic E-state index is 8.85. The molecule has 0 aliphatic rings. The highest BCUT2D eigenvalue weighted by Crippen LogP contribution is 2.30. The van der Waals surface area contributed by atoms with E-state index in [1.165, 1.54) is 0 Å². The molecule has 2 N–H and O–H groups in total. The summed E-state index contributed by atoms with van der Waals surface area (Å²) < 4.78 is 0. The molecule has 63 valence electrons. The molecule has 0 heterocycles. The van der Waals surface area contributed by atoms with Crippen LogP contribution in [0.3, 0.4) is 0 Å². The molecule has 0 unspecified atom stereocenters. The molecule has 0 aliphatic heterocycles. The van der Waals surface area contributed by atoms with Crippen molar-refractivity contribution in [2.45, 2.75) is 0 Å². The quantitative estimate of drug-likeness (QED) is 0.520. The van der Waals surface area contributed by atoms with Crippen LogP contribution >= 0.6 is 7.92 Å². The predicted octanol–water partition coefficient (Wildman–Crippen LogP) is 0.313. The summed E-state index contributed by atoms with van der Waals surface area (Å²) in [5.74, 6) is 0. The minimum atomic E-state index is -0.740. The summed E-state index contributed by atoms with van der Waals surface area (Å²) in [6.07, 6.45) is 0.131. The Morgan fingerprint density at radius 3 is 1.92 bits per heavy atom. The fraction of sp³-hybridized carbons (Fsp3) is 0.250. The second-order valence-corrected chi connectivity index (χ2v) is 4.32. The lowest BCUT2D eigenvalue weighted by atomic mass is 10.4. The molecule has 2 nitrogen and oxygen atoms in total. The third kappa shape index (κ3) is 2.94. The van der Waals surface area contributed by atoms with Crippen LogP contribution in [0.25, 0.3) is 0 Å². The first-order valence-electron chi connectivity index (χ1n) is 3.40. The predicted molar refractivity (Wildman–Crippen MR) is 52.9 cm³/mol. The molecular weight excluding hydrogens is 170 g/mol. The molecule has 0 amide bonds. The van der Waals surface area contributed by atoms with Gasteiger partial charge in [0, 0.05) is 8.41 Å². The zero-order valence-corrected chi connectivity index (χ0v) is 7.61. The largest absolute Gasteiger partial charge is 0.391 e. The van der Waals surface area contributed by atoms with E-state index in [4.69, 9.17) is 10.2 Å². The van der Waals surface area contributed by atoms with Crippen molar-refractivity contribution < 1.29 is 10.2 Å². The van der Waals surface area contributed by atoms with Crippen LogP contribution in [0.5, 0.6) is 0 Å². The van der Waals surface area contributed by atoms with Gasteiger partial charge in [-0.15, -0.1) is 0 Å². The summed E-state index contributed by atoms with van der Waals surface area (Å²) in [7, 11) is -0.740. The Hall–Kier alpha value is -0.365. The van der Waals surface area contributed by atoms with Gasteiger partial charge in [0.1, 0.15) is 0 Å². The van der Waals surface area contributed by atoms with Crippen molar-refractivity contribution in [3.63, 3.8) is 0 Å². The monoisotopic (exact) mass is 181 g/mol. The molecule has 0 atom stereocenters. The van der Waals surface area contributed by atoms with Gasteiger partial charge in [-0.05, 0) is 13.2 Å². The second-order valence-electron chi connectivity index (χ2n) is 2.16. The number of benzene rings is 1. The lowest BCUT2D eigenvalue weighted by molar-refractivity contribution is 0.345. The lowest BCUT2D eigenvalue weighted by Crippen LogP contribution is -2.04. The van der Waals surface area contributed by atoms with E-state index in [1.807, 2.05) is 30.3 Å². The van der Waals surface area contributed by atoms with Crippen LogP contribution in [0.1, 0.15) is 0 Å². The summed E-state index contributed by atoms with van der Waals surface area (Å²) in [6, 6.07) is 9.61. The first kappa shape index (κ1) is 11.6. The van der Waals surface area contributed by atoms with Crippen LogP contribution in [0.2, 0.25) is 0 Å². The van der Waals surface area contributed by atoms with Crippen molar-refractivity contribution >= 4 is 21.6 Å². The van der Waals surface area contributed by atoms with Crippen molar-refractivity contribution in [1.82, 2.24) is 0 Å². The van der Waals surface area contributed by atoms with Crippen molar-refractivity contribution in [2.75, 3.05) is 12.7 Å². The number of aliphatic hydroxyl groups is 2. The van der Waals surface area contributed by atoms with Crippen LogP contribution in [0.15, 0.2) is 30.3 Å². The van der Waals surface area contributed by atoms with E-state index in [2.05, 4.69) is 0 Å². The summed E-state index contributed by atoms with van der Waals surface area (Å²) in [5.41, 5.74) is 0. The van der Waals surface area contributed by atoms with Crippen LogP contribution in [0, 0.1) is 0 Å². The average molecular weight is 181 g/mol. The molecule has 0 saturated heterocycles. The van der Waals surface area contributed by atoms with E-state index in [0.717, 1.165) is 5.30 Å². The molecule has 0 spiro atoms. The topological polar surface area (TPSA) is 40.5 Å². The van der Waals surface area contributed by atoms with Crippen LogP contribution in [-0.2, 0) is 0 Å². The molecule has 12 heavy (non-hydrogen) atoms. The Balaban J connectivity index is 0.00000121. The number of hydrogen-bond acceptors (Lipinski definition) is 2. The van der Waals surface area contributed by atoms with Crippen LogP contribution in [0.4, 0.5) is 0 Å². The average Bonchev–Trinajstić information content (AvgIpc) is 2.09. The highest BCUT2D eigenvalue weighted by molar-refractivity contribution is 7.65. The smallest absolute Gasteiger partial charge is 0.0688 e. The second kappa shape index (κ2) is 6.18. The maximum Gasteiger partial charge on any atom is 0.0688 e. The van der Waals surface area contributed by atoms with Gasteiger partial charge in [0.2, 0.25) is 0 Å².